The summed E-state index contributed by atoms with van der Waals surface area (Å²) in [7, 11) is -2.99. The second-order valence-electron chi connectivity index (χ2n) is 6.52. The fourth-order valence-corrected chi connectivity index (χ4v) is 4.65. The van der Waals surface area contributed by atoms with E-state index >= 15 is 0 Å². The molecule has 2 N–H and O–H groups in total. The highest BCUT2D eigenvalue weighted by atomic mass is 32.2. The maximum atomic E-state index is 11.7. The van der Waals surface area contributed by atoms with Gasteiger partial charge in [-0.15, -0.1) is 0 Å². The van der Waals surface area contributed by atoms with Crippen molar-refractivity contribution in [2.75, 3.05) is 22.1 Å². The van der Waals surface area contributed by atoms with Gasteiger partial charge in [-0.3, -0.25) is 0 Å². The zero-order chi connectivity index (χ0) is 18.9. The third-order valence-electron chi connectivity index (χ3n) is 4.25. The predicted molar refractivity (Wildman–Crippen MR) is 103 cm³/mol. The highest BCUT2D eigenvalue weighted by Crippen LogP contribution is 2.24. The summed E-state index contributed by atoms with van der Waals surface area (Å²) >= 11 is 0. The summed E-state index contributed by atoms with van der Waals surface area (Å²) in [6.07, 6.45) is 0.548. The molecule has 1 unspecified atom stereocenters. The highest BCUT2D eigenvalue weighted by molar-refractivity contribution is 7.91. The third-order valence-corrected chi connectivity index (χ3v) is 6.01. The van der Waals surface area contributed by atoms with Crippen LogP contribution in [0.4, 0.5) is 17.6 Å². The smallest absolute Gasteiger partial charge is 0.225 e. The van der Waals surface area contributed by atoms with Crippen molar-refractivity contribution in [1.29, 1.82) is 0 Å². The van der Waals surface area contributed by atoms with Crippen LogP contribution in [0.25, 0.3) is 11.3 Å². The summed E-state index contributed by atoms with van der Waals surface area (Å²) < 4.78 is 28.5. The molecule has 1 fully saturated rings. The number of nitrogens with zero attached hydrogens (tertiary/aromatic N) is 3. The van der Waals surface area contributed by atoms with Gasteiger partial charge in [-0.25, -0.2) is 13.4 Å². The standard InChI is InChI=1S/C18H19N5O3S/c1-12-9-17(23-26-12)21-16-10-15(13-5-3-2-4-6-13)20-18(22-16)19-14-7-8-27(24,25)11-14/h2-6,9-10,14H,7-8,11H2,1H3,(H2,19,20,21,22,23). The molecule has 2 aromatic heterocycles. The zero-order valence-corrected chi connectivity index (χ0v) is 15.5. The largest absolute Gasteiger partial charge is 0.360 e. The van der Waals surface area contributed by atoms with Crippen LogP contribution in [-0.4, -0.2) is 41.1 Å². The van der Waals surface area contributed by atoms with Crippen LogP contribution in [-0.2, 0) is 9.84 Å². The van der Waals surface area contributed by atoms with Gasteiger partial charge in [-0.2, -0.15) is 4.98 Å². The molecule has 0 amide bonds. The monoisotopic (exact) mass is 385 g/mol. The van der Waals surface area contributed by atoms with E-state index in [9.17, 15) is 8.42 Å². The molecule has 4 rings (SSSR count). The molecule has 0 radical (unpaired) electrons. The quantitative estimate of drug-likeness (QED) is 0.690. The molecule has 3 heterocycles. The van der Waals surface area contributed by atoms with E-state index in [0.29, 0.717) is 29.8 Å². The number of anilines is 3. The Kier molecular flexibility index (Phi) is 4.53. The van der Waals surface area contributed by atoms with Crippen LogP contribution in [0.15, 0.2) is 47.0 Å². The summed E-state index contributed by atoms with van der Waals surface area (Å²) in [5.41, 5.74) is 1.65. The lowest BCUT2D eigenvalue weighted by molar-refractivity contribution is 0.400. The minimum absolute atomic E-state index is 0.0944. The Labute approximate surface area is 156 Å². The van der Waals surface area contributed by atoms with Crippen LogP contribution in [0.1, 0.15) is 12.2 Å². The SMILES string of the molecule is Cc1cc(Nc2cc(-c3ccccc3)nc(NC3CCS(=O)(=O)C3)n2)no1. The Morgan fingerprint density at radius 1 is 1.11 bits per heavy atom. The van der Waals surface area contributed by atoms with Crippen molar-refractivity contribution in [3.05, 3.63) is 48.2 Å². The van der Waals surface area contributed by atoms with E-state index in [-0.39, 0.29) is 17.5 Å². The Morgan fingerprint density at radius 3 is 2.59 bits per heavy atom. The van der Waals surface area contributed by atoms with Crippen LogP contribution < -0.4 is 10.6 Å². The fourth-order valence-electron chi connectivity index (χ4n) is 2.98. The Balaban J connectivity index is 1.66. The number of hydrogen-bond donors (Lipinski definition) is 2. The van der Waals surface area contributed by atoms with Crippen LogP contribution in [0.2, 0.25) is 0 Å². The second-order valence-corrected chi connectivity index (χ2v) is 8.75. The van der Waals surface area contributed by atoms with Crippen molar-refractivity contribution < 1.29 is 12.9 Å². The molecule has 1 atom stereocenters. The Morgan fingerprint density at radius 2 is 1.93 bits per heavy atom. The number of sulfone groups is 1. The third kappa shape index (κ3) is 4.25. The van der Waals surface area contributed by atoms with Crippen LogP contribution >= 0.6 is 0 Å². The summed E-state index contributed by atoms with van der Waals surface area (Å²) in [5, 5.41) is 10.2. The number of aryl methyl sites for hydroxylation is 1. The van der Waals surface area contributed by atoms with Gasteiger partial charge in [0.25, 0.3) is 0 Å². The lowest BCUT2D eigenvalue weighted by Crippen LogP contribution is -2.22. The average Bonchev–Trinajstić information content (AvgIpc) is 3.20. The van der Waals surface area contributed by atoms with Gasteiger partial charge in [-0.1, -0.05) is 35.5 Å². The lowest BCUT2D eigenvalue weighted by Gasteiger charge is -2.13. The van der Waals surface area contributed by atoms with E-state index in [1.165, 1.54) is 0 Å². The van der Waals surface area contributed by atoms with Gasteiger partial charge in [0.1, 0.15) is 11.6 Å². The molecular formula is C18H19N5O3S. The summed E-state index contributed by atoms with van der Waals surface area (Å²) in [4.78, 5) is 9.03. The molecule has 0 saturated carbocycles. The minimum atomic E-state index is -2.99. The van der Waals surface area contributed by atoms with Crippen molar-refractivity contribution >= 4 is 27.4 Å². The maximum absolute atomic E-state index is 11.7. The van der Waals surface area contributed by atoms with Crippen LogP contribution in [0.5, 0.6) is 0 Å². The van der Waals surface area contributed by atoms with Crippen molar-refractivity contribution in [3.63, 3.8) is 0 Å². The Bertz CT molecular complexity index is 1050. The summed E-state index contributed by atoms with van der Waals surface area (Å²) in [6, 6.07) is 13.1. The average molecular weight is 385 g/mol. The van der Waals surface area contributed by atoms with E-state index in [0.717, 1.165) is 11.3 Å². The molecule has 0 bridgehead atoms. The van der Waals surface area contributed by atoms with Crippen LogP contribution in [0.3, 0.4) is 0 Å². The van der Waals surface area contributed by atoms with Crippen molar-refractivity contribution in [2.24, 2.45) is 0 Å². The lowest BCUT2D eigenvalue weighted by atomic mass is 10.1. The van der Waals surface area contributed by atoms with Gasteiger partial charge < -0.3 is 15.2 Å². The van der Waals surface area contributed by atoms with Crippen molar-refractivity contribution in [1.82, 2.24) is 15.1 Å². The molecule has 140 valence electrons. The fraction of sp³-hybridized carbons (Fsp3) is 0.278. The molecule has 1 aromatic carbocycles. The first-order valence-electron chi connectivity index (χ1n) is 8.59. The Hall–Kier alpha value is -2.94. The van der Waals surface area contributed by atoms with Gasteiger partial charge in [0.2, 0.25) is 5.95 Å². The summed E-state index contributed by atoms with van der Waals surface area (Å²) in [5.74, 6) is 2.43. The van der Waals surface area contributed by atoms with Crippen molar-refractivity contribution in [2.45, 2.75) is 19.4 Å². The number of nitrogens with one attached hydrogen (secondary N) is 2. The molecule has 0 spiro atoms. The molecule has 3 aromatic rings. The highest BCUT2D eigenvalue weighted by Gasteiger charge is 2.28. The van der Waals surface area contributed by atoms with Gasteiger partial charge >= 0.3 is 0 Å². The van der Waals surface area contributed by atoms with Crippen molar-refractivity contribution in [3.8, 4) is 11.3 Å². The van der Waals surface area contributed by atoms with E-state index in [1.54, 1.807) is 13.0 Å². The van der Waals surface area contributed by atoms with Gasteiger partial charge in [0.05, 0.1) is 17.2 Å². The van der Waals surface area contributed by atoms with Crippen LogP contribution in [0, 0.1) is 6.92 Å². The molecule has 0 aliphatic carbocycles. The number of aromatic nitrogens is 3. The first-order valence-corrected chi connectivity index (χ1v) is 10.4. The molecule has 9 heteroatoms. The minimum Gasteiger partial charge on any atom is -0.360 e. The van der Waals surface area contributed by atoms with E-state index in [2.05, 4.69) is 25.8 Å². The number of rotatable bonds is 5. The predicted octanol–water partition coefficient (Wildman–Crippen LogP) is 2.78. The second kappa shape index (κ2) is 6.99. The van der Waals surface area contributed by atoms with Gasteiger partial charge in [0.15, 0.2) is 15.7 Å². The van der Waals surface area contributed by atoms with E-state index in [4.69, 9.17) is 4.52 Å². The molecular weight excluding hydrogens is 366 g/mol. The first kappa shape index (κ1) is 17.5. The molecule has 27 heavy (non-hydrogen) atoms. The van der Waals surface area contributed by atoms with E-state index in [1.807, 2.05) is 36.4 Å². The van der Waals surface area contributed by atoms with Gasteiger partial charge in [-0.05, 0) is 13.3 Å². The molecule has 8 nitrogen and oxygen atoms in total. The number of hydrogen-bond acceptors (Lipinski definition) is 8. The van der Waals surface area contributed by atoms with E-state index < -0.39 is 9.84 Å². The normalized spacial score (nSPS) is 18.3. The topological polar surface area (TPSA) is 110 Å². The molecule has 1 aliphatic heterocycles. The molecule has 1 aliphatic rings. The summed E-state index contributed by atoms with van der Waals surface area (Å²) in [6.45, 7) is 1.81. The first-order chi connectivity index (χ1) is 13.0. The van der Waals surface area contributed by atoms with Gasteiger partial charge in [0, 0.05) is 23.7 Å². The molecule has 1 saturated heterocycles. The maximum Gasteiger partial charge on any atom is 0.225 e. The zero-order valence-electron chi connectivity index (χ0n) is 14.7. The number of benzene rings is 1.